The summed E-state index contributed by atoms with van der Waals surface area (Å²) in [6, 6.07) is 7.45. The first-order valence-corrected chi connectivity index (χ1v) is 5.79. The summed E-state index contributed by atoms with van der Waals surface area (Å²) in [4.78, 5) is 12.3. The summed E-state index contributed by atoms with van der Waals surface area (Å²) in [7, 11) is 0. The van der Waals surface area contributed by atoms with Crippen LogP contribution < -0.4 is 4.74 Å². The molecule has 0 aromatic heterocycles. The van der Waals surface area contributed by atoms with Crippen molar-refractivity contribution in [2.75, 3.05) is 6.61 Å². The van der Waals surface area contributed by atoms with Crippen LogP contribution in [-0.2, 0) is 0 Å². The summed E-state index contributed by atoms with van der Waals surface area (Å²) in [6.07, 6.45) is 0.826. The lowest BCUT2D eigenvalue weighted by molar-refractivity contribution is 0.0829. The fraction of sp³-hybridized carbons (Fsp3) is 0.500. The summed E-state index contributed by atoms with van der Waals surface area (Å²) in [5.74, 6) is 0.843. The largest absolute Gasteiger partial charge is 0.493 e. The molecule has 0 unspecified atom stereocenters. The molecule has 0 saturated carbocycles. The molecule has 0 atom stereocenters. The summed E-state index contributed by atoms with van der Waals surface area (Å²) in [5.41, 5.74) is 0.365. The highest BCUT2D eigenvalue weighted by Crippen LogP contribution is 2.30. The van der Waals surface area contributed by atoms with Gasteiger partial charge in [-0.05, 0) is 25.5 Å². The van der Waals surface area contributed by atoms with Crippen LogP contribution in [0.3, 0.4) is 0 Å². The second-order valence-corrected chi connectivity index (χ2v) is 4.50. The first-order valence-electron chi connectivity index (χ1n) is 5.79. The average Bonchev–Trinajstić information content (AvgIpc) is 2.29. The van der Waals surface area contributed by atoms with Crippen molar-refractivity contribution in [3.05, 3.63) is 29.8 Å². The number of Topliss-reactive ketones (excluding diaryl/α,β-unsaturated/α-hetero) is 1. The van der Waals surface area contributed by atoms with Gasteiger partial charge in [0.25, 0.3) is 0 Å². The van der Waals surface area contributed by atoms with E-state index in [0.717, 1.165) is 6.42 Å². The van der Waals surface area contributed by atoms with Gasteiger partial charge in [0, 0.05) is 5.41 Å². The molecule has 0 aliphatic carbocycles. The molecule has 1 aromatic rings. The van der Waals surface area contributed by atoms with Crippen molar-refractivity contribution in [2.24, 2.45) is 5.41 Å². The lowest BCUT2D eigenvalue weighted by Gasteiger charge is -2.22. The van der Waals surface area contributed by atoms with Gasteiger partial charge in [-0.1, -0.05) is 32.9 Å². The zero-order valence-electron chi connectivity index (χ0n) is 10.5. The van der Waals surface area contributed by atoms with E-state index in [2.05, 4.69) is 0 Å². The van der Waals surface area contributed by atoms with Crippen LogP contribution in [0.5, 0.6) is 5.75 Å². The van der Waals surface area contributed by atoms with Gasteiger partial charge in [-0.2, -0.15) is 0 Å². The molecule has 2 heteroatoms. The molecule has 0 bridgehead atoms. The Balaban J connectivity index is 3.08. The van der Waals surface area contributed by atoms with Crippen molar-refractivity contribution in [3.63, 3.8) is 0 Å². The highest BCUT2D eigenvalue weighted by Gasteiger charge is 2.28. The van der Waals surface area contributed by atoms with E-state index in [1.807, 2.05) is 52.0 Å². The molecule has 0 spiro atoms. The molecule has 1 rings (SSSR count). The van der Waals surface area contributed by atoms with Crippen molar-refractivity contribution < 1.29 is 9.53 Å². The number of rotatable bonds is 5. The van der Waals surface area contributed by atoms with Gasteiger partial charge in [0.2, 0.25) is 0 Å². The molecular formula is C14H20O2. The molecule has 0 aliphatic rings. The number of hydrogen-bond acceptors (Lipinski definition) is 2. The summed E-state index contributed by atoms with van der Waals surface area (Å²) < 4.78 is 5.48. The summed E-state index contributed by atoms with van der Waals surface area (Å²) in [6.45, 7) is 8.47. The van der Waals surface area contributed by atoms with Crippen LogP contribution in [0, 0.1) is 5.41 Å². The van der Waals surface area contributed by atoms with E-state index in [9.17, 15) is 4.79 Å². The van der Waals surface area contributed by atoms with Gasteiger partial charge in [-0.15, -0.1) is 0 Å². The standard InChI is InChI=1S/C14H20O2/c1-5-14(3,4)13(15)11-9-7-8-10-12(11)16-6-2/h7-10H,5-6H2,1-4H3. The van der Waals surface area contributed by atoms with Crippen molar-refractivity contribution in [2.45, 2.75) is 34.1 Å². The van der Waals surface area contributed by atoms with Crippen LogP contribution in [0.25, 0.3) is 0 Å². The molecular weight excluding hydrogens is 200 g/mol. The van der Waals surface area contributed by atoms with Crippen LogP contribution in [-0.4, -0.2) is 12.4 Å². The van der Waals surface area contributed by atoms with E-state index in [1.165, 1.54) is 0 Å². The fourth-order valence-electron chi connectivity index (χ4n) is 1.46. The number of benzene rings is 1. The summed E-state index contributed by atoms with van der Waals surface area (Å²) in [5, 5.41) is 0. The molecule has 1 aromatic carbocycles. The predicted molar refractivity (Wildman–Crippen MR) is 66.0 cm³/mol. The number of ketones is 1. The third kappa shape index (κ3) is 2.63. The molecule has 16 heavy (non-hydrogen) atoms. The van der Waals surface area contributed by atoms with Gasteiger partial charge in [0.1, 0.15) is 5.75 Å². The Hall–Kier alpha value is -1.31. The van der Waals surface area contributed by atoms with Crippen LogP contribution in [0.4, 0.5) is 0 Å². The van der Waals surface area contributed by atoms with Crippen molar-refractivity contribution in [3.8, 4) is 5.75 Å². The number of carbonyl (C=O) groups is 1. The van der Waals surface area contributed by atoms with E-state index in [4.69, 9.17) is 4.74 Å². The Kier molecular flexibility index (Phi) is 4.11. The molecule has 88 valence electrons. The van der Waals surface area contributed by atoms with E-state index in [0.29, 0.717) is 17.9 Å². The fourth-order valence-corrected chi connectivity index (χ4v) is 1.46. The van der Waals surface area contributed by atoms with Gasteiger partial charge in [-0.3, -0.25) is 4.79 Å². The molecule has 0 aliphatic heterocycles. The van der Waals surface area contributed by atoms with Crippen LogP contribution >= 0.6 is 0 Å². The Morgan fingerprint density at radius 2 is 1.88 bits per heavy atom. The molecule has 0 saturated heterocycles. The maximum atomic E-state index is 12.3. The number of carbonyl (C=O) groups excluding carboxylic acids is 1. The number of ether oxygens (including phenoxy) is 1. The highest BCUT2D eigenvalue weighted by atomic mass is 16.5. The Morgan fingerprint density at radius 1 is 1.25 bits per heavy atom. The lowest BCUT2D eigenvalue weighted by atomic mass is 9.82. The average molecular weight is 220 g/mol. The molecule has 0 N–H and O–H groups in total. The van der Waals surface area contributed by atoms with Gasteiger partial charge in [-0.25, -0.2) is 0 Å². The van der Waals surface area contributed by atoms with E-state index in [1.54, 1.807) is 0 Å². The molecule has 0 heterocycles. The van der Waals surface area contributed by atoms with Crippen LogP contribution in [0.15, 0.2) is 24.3 Å². The van der Waals surface area contributed by atoms with E-state index < -0.39 is 0 Å². The molecule has 0 amide bonds. The lowest BCUT2D eigenvalue weighted by Crippen LogP contribution is -2.23. The maximum Gasteiger partial charge on any atom is 0.172 e. The van der Waals surface area contributed by atoms with Gasteiger partial charge >= 0.3 is 0 Å². The second-order valence-electron chi connectivity index (χ2n) is 4.50. The summed E-state index contributed by atoms with van der Waals surface area (Å²) >= 11 is 0. The van der Waals surface area contributed by atoms with Crippen molar-refractivity contribution in [1.82, 2.24) is 0 Å². The minimum absolute atomic E-state index is 0.152. The Labute approximate surface area is 97.6 Å². The number of para-hydroxylation sites is 1. The van der Waals surface area contributed by atoms with Crippen LogP contribution in [0.1, 0.15) is 44.5 Å². The molecule has 0 fully saturated rings. The monoisotopic (exact) mass is 220 g/mol. The Bertz CT molecular complexity index is 367. The van der Waals surface area contributed by atoms with Crippen LogP contribution in [0.2, 0.25) is 0 Å². The minimum Gasteiger partial charge on any atom is -0.493 e. The third-order valence-corrected chi connectivity index (χ3v) is 2.93. The quantitative estimate of drug-likeness (QED) is 0.707. The van der Waals surface area contributed by atoms with Gasteiger partial charge in [0.05, 0.1) is 12.2 Å². The normalized spacial score (nSPS) is 11.2. The molecule has 2 nitrogen and oxygen atoms in total. The first kappa shape index (κ1) is 12.8. The van der Waals surface area contributed by atoms with E-state index >= 15 is 0 Å². The second kappa shape index (κ2) is 5.15. The maximum absolute atomic E-state index is 12.3. The predicted octanol–water partition coefficient (Wildman–Crippen LogP) is 3.70. The smallest absolute Gasteiger partial charge is 0.172 e. The van der Waals surface area contributed by atoms with E-state index in [-0.39, 0.29) is 11.2 Å². The highest BCUT2D eigenvalue weighted by molar-refractivity contribution is 6.02. The molecule has 0 radical (unpaired) electrons. The third-order valence-electron chi connectivity index (χ3n) is 2.93. The first-order chi connectivity index (χ1) is 7.53. The van der Waals surface area contributed by atoms with Crippen molar-refractivity contribution in [1.29, 1.82) is 0 Å². The minimum atomic E-state index is -0.326. The zero-order valence-corrected chi connectivity index (χ0v) is 10.5. The SMILES string of the molecule is CCOc1ccccc1C(=O)C(C)(C)CC. The topological polar surface area (TPSA) is 26.3 Å². The Morgan fingerprint density at radius 3 is 2.44 bits per heavy atom. The van der Waals surface area contributed by atoms with Crippen molar-refractivity contribution >= 4 is 5.78 Å². The number of hydrogen-bond donors (Lipinski definition) is 0. The zero-order chi connectivity index (χ0) is 12.2. The van der Waals surface area contributed by atoms with Gasteiger partial charge < -0.3 is 4.74 Å². The van der Waals surface area contributed by atoms with Gasteiger partial charge in [0.15, 0.2) is 5.78 Å².